The summed E-state index contributed by atoms with van der Waals surface area (Å²) in [4.78, 5) is 12.2. The summed E-state index contributed by atoms with van der Waals surface area (Å²) in [6.07, 6.45) is 96.7. The normalized spacial score (nSPS) is 11.6. The molecule has 0 unspecified atom stereocenters. The van der Waals surface area contributed by atoms with Gasteiger partial charge in [-0.2, -0.15) is 0 Å². The minimum absolute atomic E-state index is 0.0386. The van der Waals surface area contributed by atoms with Crippen molar-refractivity contribution >= 4 is 5.97 Å². The molecule has 0 aromatic carbocycles. The maximum Gasteiger partial charge on any atom is 0.305 e. The fraction of sp³-hybridized carbons (Fsp3) is 0.986. The summed E-state index contributed by atoms with van der Waals surface area (Å²) in [6, 6.07) is 0. The topological polar surface area (TPSA) is 26.3 Å². The van der Waals surface area contributed by atoms with Gasteiger partial charge >= 0.3 is 5.97 Å². The van der Waals surface area contributed by atoms with Crippen LogP contribution in [0.3, 0.4) is 0 Å². The minimum atomic E-state index is 0.0386. The van der Waals surface area contributed by atoms with E-state index in [1.54, 1.807) is 0 Å². The average Bonchev–Trinajstić information content (AvgIpc) is 3.41. The van der Waals surface area contributed by atoms with Crippen LogP contribution in [0.5, 0.6) is 0 Å². The van der Waals surface area contributed by atoms with Crippen molar-refractivity contribution in [2.24, 2.45) is 0 Å². The zero-order chi connectivity index (χ0) is 53.1. The number of carbonyl (C=O) groups is 1. The highest BCUT2D eigenvalue weighted by Gasteiger charge is 2.04. The molecule has 0 aliphatic rings. The van der Waals surface area contributed by atoms with Crippen LogP contribution in [0.4, 0.5) is 0 Å². The van der Waals surface area contributed by atoms with E-state index in [2.05, 4.69) is 13.8 Å². The van der Waals surface area contributed by atoms with E-state index in [1.807, 2.05) is 0 Å². The third kappa shape index (κ3) is 69.5. The fourth-order valence-electron chi connectivity index (χ4n) is 11.9. The highest BCUT2D eigenvalue weighted by atomic mass is 16.5. The molecule has 0 radical (unpaired) electrons. The lowest BCUT2D eigenvalue weighted by Gasteiger charge is -2.06. The van der Waals surface area contributed by atoms with Crippen LogP contribution in [0.15, 0.2) is 0 Å². The molecule has 444 valence electrons. The Labute approximate surface area is 470 Å². The Hall–Kier alpha value is -0.530. The van der Waals surface area contributed by atoms with Crippen LogP contribution in [0.25, 0.3) is 0 Å². The number of unbranched alkanes of at least 4 members (excludes halogenated alkanes) is 65. The molecule has 0 aliphatic carbocycles. The molecule has 0 amide bonds. The van der Waals surface area contributed by atoms with E-state index < -0.39 is 0 Å². The van der Waals surface area contributed by atoms with E-state index in [0.717, 1.165) is 12.8 Å². The number of carbonyl (C=O) groups excluding carboxylic acids is 1. The monoisotopic (exact) mass is 1040 g/mol. The molecule has 0 saturated heterocycles. The fourth-order valence-corrected chi connectivity index (χ4v) is 11.9. The molecule has 0 rings (SSSR count). The molecule has 0 saturated carbocycles. The number of ether oxygens (including phenoxy) is 1. The predicted molar refractivity (Wildman–Crippen MR) is 336 cm³/mol. The van der Waals surface area contributed by atoms with Crippen molar-refractivity contribution in [3.8, 4) is 0 Å². The first kappa shape index (κ1) is 73.5. The number of hydrogen-bond acceptors (Lipinski definition) is 2. The summed E-state index contributed by atoms with van der Waals surface area (Å²) in [5, 5.41) is 0. The van der Waals surface area contributed by atoms with Gasteiger partial charge in [-0.05, 0) is 12.8 Å². The summed E-state index contributed by atoms with van der Waals surface area (Å²) in [6.45, 7) is 5.26. The zero-order valence-electron chi connectivity index (χ0n) is 52.1. The highest BCUT2D eigenvalue weighted by molar-refractivity contribution is 5.69. The van der Waals surface area contributed by atoms with Crippen molar-refractivity contribution in [2.75, 3.05) is 6.61 Å². The summed E-state index contributed by atoms with van der Waals surface area (Å²) in [7, 11) is 0. The van der Waals surface area contributed by atoms with Gasteiger partial charge in [0, 0.05) is 6.42 Å². The first-order valence-electron chi connectivity index (χ1n) is 36.0. The van der Waals surface area contributed by atoms with Gasteiger partial charge in [0.05, 0.1) is 6.61 Å². The zero-order valence-corrected chi connectivity index (χ0v) is 52.1. The maximum atomic E-state index is 12.2. The van der Waals surface area contributed by atoms with E-state index >= 15 is 0 Å². The lowest BCUT2D eigenvalue weighted by molar-refractivity contribution is -0.143. The van der Waals surface area contributed by atoms with Crippen LogP contribution in [0.1, 0.15) is 450 Å². The van der Waals surface area contributed by atoms with Gasteiger partial charge in [0.25, 0.3) is 0 Å². The Morgan fingerprint density at radius 3 is 0.446 bits per heavy atom. The second-order valence-electron chi connectivity index (χ2n) is 25.0. The van der Waals surface area contributed by atoms with Crippen LogP contribution in [0, 0.1) is 0 Å². The lowest BCUT2D eigenvalue weighted by Crippen LogP contribution is -2.05. The van der Waals surface area contributed by atoms with E-state index in [0.29, 0.717) is 13.0 Å². The van der Waals surface area contributed by atoms with E-state index in [4.69, 9.17) is 4.74 Å². The van der Waals surface area contributed by atoms with Crippen molar-refractivity contribution in [1.82, 2.24) is 0 Å². The van der Waals surface area contributed by atoms with Gasteiger partial charge in [-0.3, -0.25) is 4.79 Å². The Morgan fingerprint density at radius 2 is 0.297 bits per heavy atom. The first-order valence-corrected chi connectivity index (χ1v) is 36.0. The second-order valence-corrected chi connectivity index (χ2v) is 25.0. The molecular formula is C72H144O2. The Balaban J connectivity index is 3.14. The average molecular weight is 1040 g/mol. The lowest BCUT2D eigenvalue weighted by atomic mass is 10.0. The molecule has 74 heavy (non-hydrogen) atoms. The Kier molecular flexibility index (Phi) is 70.0. The van der Waals surface area contributed by atoms with Gasteiger partial charge in [0.2, 0.25) is 0 Å². The van der Waals surface area contributed by atoms with Crippen LogP contribution in [-0.2, 0) is 9.53 Å². The third-order valence-electron chi connectivity index (χ3n) is 17.2. The maximum absolute atomic E-state index is 12.2. The summed E-state index contributed by atoms with van der Waals surface area (Å²) in [5.41, 5.74) is 0. The Morgan fingerprint density at radius 1 is 0.176 bits per heavy atom. The summed E-state index contributed by atoms with van der Waals surface area (Å²) < 4.78 is 5.54. The van der Waals surface area contributed by atoms with Gasteiger partial charge in [0.1, 0.15) is 0 Å². The highest BCUT2D eigenvalue weighted by Crippen LogP contribution is 2.20. The number of esters is 1. The molecule has 2 nitrogen and oxygen atoms in total. The van der Waals surface area contributed by atoms with E-state index in [9.17, 15) is 4.79 Å². The first-order chi connectivity index (χ1) is 36.8. The Bertz CT molecular complexity index is 959. The van der Waals surface area contributed by atoms with Crippen molar-refractivity contribution in [3.63, 3.8) is 0 Å². The van der Waals surface area contributed by atoms with E-state index in [1.165, 1.54) is 417 Å². The molecule has 0 spiro atoms. The molecule has 0 atom stereocenters. The molecular weight excluding hydrogens is 897 g/mol. The predicted octanol–water partition coefficient (Wildman–Crippen LogP) is 27.1. The second kappa shape index (κ2) is 70.5. The van der Waals surface area contributed by atoms with E-state index in [-0.39, 0.29) is 5.97 Å². The van der Waals surface area contributed by atoms with Crippen LogP contribution in [-0.4, -0.2) is 12.6 Å². The molecule has 0 aromatic heterocycles. The van der Waals surface area contributed by atoms with Gasteiger partial charge in [0.15, 0.2) is 0 Å². The van der Waals surface area contributed by atoms with Crippen LogP contribution >= 0.6 is 0 Å². The SMILES string of the molecule is CCCCCCCCCCCCCCCCCCCCCCCCCCCCCCCCCCCCCCCC(=O)OCCCCCCCCCCCCCCCCCCCCCCCCCCCCCCCC. The third-order valence-corrected chi connectivity index (χ3v) is 17.2. The molecule has 0 aromatic rings. The molecule has 0 heterocycles. The quantitative estimate of drug-likeness (QED) is 0.0448. The van der Waals surface area contributed by atoms with Crippen LogP contribution < -0.4 is 0 Å². The molecule has 0 N–H and O–H groups in total. The minimum Gasteiger partial charge on any atom is -0.466 e. The van der Waals surface area contributed by atoms with Gasteiger partial charge in [-0.1, -0.05) is 431 Å². The van der Waals surface area contributed by atoms with Gasteiger partial charge in [-0.15, -0.1) is 0 Å². The summed E-state index contributed by atoms with van der Waals surface area (Å²) in [5.74, 6) is 0.0386. The summed E-state index contributed by atoms with van der Waals surface area (Å²) >= 11 is 0. The number of hydrogen-bond donors (Lipinski definition) is 0. The van der Waals surface area contributed by atoms with Crippen molar-refractivity contribution in [1.29, 1.82) is 0 Å². The molecule has 0 fully saturated rings. The standard InChI is InChI=1S/C72H144O2/c1-3-5-7-9-11-13-15-17-19-21-23-25-27-29-31-33-35-36-37-38-39-40-41-42-44-46-48-50-52-54-56-58-60-62-64-66-68-70-72(73)74-71-69-67-65-63-61-59-57-55-53-51-49-47-45-43-34-32-30-28-26-24-22-20-18-16-14-12-10-8-6-4-2/h3-71H2,1-2H3. The van der Waals surface area contributed by atoms with Gasteiger partial charge < -0.3 is 4.74 Å². The smallest absolute Gasteiger partial charge is 0.305 e. The van der Waals surface area contributed by atoms with Crippen molar-refractivity contribution in [3.05, 3.63) is 0 Å². The number of rotatable bonds is 69. The molecule has 0 bridgehead atoms. The molecule has 0 aliphatic heterocycles. The van der Waals surface area contributed by atoms with Crippen molar-refractivity contribution < 1.29 is 9.53 Å². The van der Waals surface area contributed by atoms with Crippen LogP contribution in [0.2, 0.25) is 0 Å². The van der Waals surface area contributed by atoms with Gasteiger partial charge in [-0.25, -0.2) is 0 Å². The van der Waals surface area contributed by atoms with Crippen molar-refractivity contribution in [2.45, 2.75) is 450 Å². The molecule has 2 heteroatoms. The largest absolute Gasteiger partial charge is 0.466 e.